The summed E-state index contributed by atoms with van der Waals surface area (Å²) in [4.78, 5) is 0. The smallest absolute Gasteiger partial charge is 0.305 e. The molecule has 0 aliphatic carbocycles. The minimum absolute atomic E-state index is 0.109. The Morgan fingerprint density at radius 1 is 1.27 bits per heavy atom. The zero-order chi connectivity index (χ0) is 10.7. The quantitative estimate of drug-likeness (QED) is 0.820. The van der Waals surface area contributed by atoms with Gasteiger partial charge in [0, 0.05) is 6.07 Å². The van der Waals surface area contributed by atoms with E-state index in [-0.39, 0.29) is 11.7 Å². The second kappa shape index (κ2) is 3.87. The second-order valence-corrected chi connectivity index (χ2v) is 2.74. The molecule has 1 aromatic heterocycles. The number of ether oxygens (including phenoxy) is 2. The highest BCUT2D eigenvalue weighted by atomic mass is 16.6. The molecule has 6 nitrogen and oxygen atoms in total. The molecule has 0 aliphatic rings. The van der Waals surface area contributed by atoms with Crippen molar-refractivity contribution in [1.82, 2.24) is 10.3 Å². The van der Waals surface area contributed by atoms with Crippen LogP contribution in [0.1, 0.15) is 0 Å². The fraction of sp³-hybridized carbons (Fsp3) is 0.111. The Kier molecular flexibility index (Phi) is 2.40. The lowest BCUT2D eigenvalue weighted by molar-refractivity contribution is 0.290. The van der Waals surface area contributed by atoms with E-state index in [0.717, 1.165) is 0 Å². The van der Waals surface area contributed by atoms with Gasteiger partial charge in [0.05, 0.1) is 7.11 Å². The van der Waals surface area contributed by atoms with Crippen molar-refractivity contribution in [3.63, 3.8) is 0 Å². The van der Waals surface area contributed by atoms with Gasteiger partial charge in [-0.3, -0.25) is 0 Å². The molecule has 0 bridgehead atoms. The predicted octanol–water partition coefficient (Wildman–Crippen LogP) is 1.45. The van der Waals surface area contributed by atoms with Crippen molar-refractivity contribution in [1.29, 1.82) is 0 Å². The molecule has 0 radical (unpaired) electrons. The lowest BCUT2D eigenvalue weighted by Gasteiger charge is -2.03. The van der Waals surface area contributed by atoms with Crippen LogP contribution in [-0.2, 0) is 0 Å². The number of nitrogens with two attached hydrogens (primary N) is 1. The normalized spacial score (nSPS) is 9.93. The summed E-state index contributed by atoms with van der Waals surface area (Å²) in [6, 6.07) is 7.04. The molecule has 0 fully saturated rings. The molecule has 0 saturated carbocycles. The average molecular weight is 207 g/mol. The van der Waals surface area contributed by atoms with Crippen molar-refractivity contribution in [2.45, 2.75) is 0 Å². The maximum atomic E-state index is 5.44. The second-order valence-electron chi connectivity index (χ2n) is 2.74. The van der Waals surface area contributed by atoms with Crippen LogP contribution in [-0.4, -0.2) is 17.4 Å². The molecule has 1 heterocycles. The standard InChI is InChI=1S/C9H9N3O3/c1-13-6-3-2-4-7(5-6)14-9-8(10)11-15-12-9/h2-5H,1H3,(H2,10,11). The minimum atomic E-state index is 0.109. The van der Waals surface area contributed by atoms with E-state index >= 15 is 0 Å². The van der Waals surface area contributed by atoms with E-state index in [0.29, 0.717) is 11.5 Å². The van der Waals surface area contributed by atoms with Gasteiger partial charge >= 0.3 is 5.88 Å². The maximum absolute atomic E-state index is 5.44. The summed E-state index contributed by atoms with van der Waals surface area (Å²) in [6.07, 6.45) is 0. The summed E-state index contributed by atoms with van der Waals surface area (Å²) in [6.45, 7) is 0. The van der Waals surface area contributed by atoms with Gasteiger partial charge in [-0.15, -0.1) is 0 Å². The van der Waals surface area contributed by atoms with Gasteiger partial charge in [-0.25, -0.2) is 4.63 Å². The third-order valence-corrected chi connectivity index (χ3v) is 1.74. The van der Waals surface area contributed by atoms with Crippen LogP contribution < -0.4 is 15.2 Å². The van der Waals surface area contributed by atoms with Crippen molar-refractivity contribution in [2.24, 2.45) is 0 Å². The molecule has 15 heavy (non-hydrogen) atoms. The number of nitrogens with zero attached hydrogens (tertiary/aromatic N) is 2. The van der Waals surface area contributed by atoms with Crippen molar-refractivity contribution in [3.8, 4) is 17.4 Å². The summed E-state index contributed by atoms with van der Waals surface area (Å²) < 4.78 is 14.7. The molecule has 0 spiro atoms. The molecule has 0 unspecified atom stereocenters. The monoisotopic (exact) mass is 207 g/mol. The third-order valence-electron chi connectivity index (χ3n) is 1.74. The lowest BCUT2D eigenvalue weighted by Crippen LogP contribution is -1.91. The average Bonchev–Trinajstić information content (AvgIpc) is 2.65. The number of rotatable bonds is 3. The number of hydrogen-bond acceptors (Lipinski definition) is 6. The molecule has 2 rings (SSSR count). The van der Waals surface area contributed by atoms with Crippen molar-refractivity contribution >= 4 is 5.82 Å². The molecular weight excluding hydrogens is 198 g/mol. The van der Waals surface area contributed by atoms with E-state index in [2.05, 4.69) is 14.9 Å². The van der Waals surface area contributed by atoms with Crippen LogP contribution in [0.3, 0.4) is 0 Å². The van der Waals surface area contributed by atoms with Gasteiger partial charge in [-0.2, -0.15) is 0 Å². The van der Waals surface area contributed by atoms with E-state index < -0.39 is 0 Å². The maximum Gasteiger partial charge on any atom is 0.305 e. The van der Waals surface area contributed by atoms with Crippen LogP contribution in [0, 0.1) is 0 Å². The van der Waals surface area contributed by atoms with Gasteiger partial charge in [-0.1, -0.05) is 6.07 Å². The van der Waals surface area contributed by atoms with Gasteiger partial charge in [-0.05, 0) is 22.4 Å². The fourth-order valence-electron chi connectivity index (χ4n) is 1.03. The number of methoxy groups -OCH3 is 1. The van der Waals surface area contributed by atoms with Crippen molar-refractivity contribution in [2.75, 3.05) is 12.8 Å². The van der Waals surface area contributed by atoms with E-state index in [9.17, 15) is 0 Å². The van der Waals surface area contributed by atoms with Gasteiger partial charge in [0.2, 0.25) is 5.82 Å². The van der Waals surface area contributed by atoms with E-state index in [4.69, 9.17) is 15.2 Å². The molecule has 6 heteroatoms. The van der Waals surface area contributed by atoms with Crippen LogP contribution >= 0.6 is 0 Å². The molecule has 78 valence electrons. The third kappa shape index (κ3) is 1.98. The number of benzene rings is 1. The summed E-state index contributed by atoms with van der Waals surface area (Å²) in [7, 11) is 1.57. The van der Waals surface area contributed by atoms with E-state index in [1.165, 1.54) is 0 Å². The fourth-order valence-corrected chi connectivity index (χ4v) is 1.03. The van der Waals surface area contributed by atoms with Crippen LogP contribution in [0.25, 0.3) is 0 Å². The Morgan fingerprint density at radius 2 is 2.07 bits per heavy atom. The van der Waals surface area contributed by atoms with E-state index in [1.807, 2.05) is 0 Å². The first-order valence-corrected chi connectivity index (χ1v) is 4.19. The Hall–Kier alpha value is -2.24. The molecule has 2 aromatic rings. The highest BCUT2D eigenvalue weighted by molar-refractivity contribution is 5.42. The molecule has 1 aromatic carbocycles. The Bertz CT molecular complexity index is 455. The highest BCUT2D eigenvalue weighted by Crippen LogP contribution is 2.26. The number of aromatic nitrogens is 2. The predicted molar refractivity (Wildman–Crippen MR) is 51.8 cm³/mol. The largest absolute Gasteiger partial charge is 0.497 e. The molecular formula is C9H9N3O3. The molecule has 0 saturated heterocycles. The molecule has 0 atom stereocenters. The van der Waals surface area contributed by atoms with E-state index in [1.54, 1.807) is 31.4 Å². The zero-order valence-electron chi connectivity index (χ0n) is 8.01. The van der Waals surface area contributed by atoms with Gasteiger partial charge in [0.1, 0.15) is 11.5 Å². The first kappa shape index (κ1) is 9.32. The minimum Gasteiger partial charge on any atom is -0.497 e. The topological polar surface area (TPSA) is 83.4 Å². The van der Waals surface area contributed by atoms with Crippen LogP contribution in [0.2, 0.25) is 0 Å². The lowest BCUT2D eigenvalue weighted by atomic mass is 10.3. The first-order chi connectivity index (χ1) is 7.29. The number of anilines is 1. The highest BCUT2D eigenvalue weighted by Gasteiger charge is 2.08. The summed E-state index contributed by atoms with van der Waals surface area (Å²) >= 11 is 0. The summed E-state index contributed by atoms with van der Waals surface area (Å²) in [5, 5.41) is 6.88. The summed E-state index contributed by atoms with van der Waals surface area (Å²) in [5.41, 5.74) is 5.44. The summed E-state index contributed by atoms with van der Waals surface area (Å²) in [5.74, 6) is 1.49. The Labute approximate surface area is 85.6 Å². The number of hydrogen-bond donors (Lipinski definition) is 1. The Balaban J connectivity index is 2.21. The molecule has 2 N–H and O–H groups in total. The van der Waals surface area contributed by atoms with Gasteiger partial charge in [0.25, 0.3) is 0 Å². The molecule has 0 aliphatic heterocycles. The Morgan fingerprint density at radius 3 is 2.73 bits per heavy atom. The number of nitrogen functional groups attached to an aromatic ring is 1. The zero-order valence-corrected chi connectivity index (χ0v) is 8.01. The van der Waals surface area contributed by atoms with Crippen molar-refractivity contribution < 1.29 is 14.1 Å². The van der Waals surface area contributed by atoms with Crippen LogP contribution in [0.4, 0.5) is 5.82 Å². The molecule has 0 amide bonds. The SMILES string of the molecule is COc1cccc(Oc2nonc2N)c1. The van der Waals surface area contributed by atoms with Gasteiger partial charge in [0.15, 0.2) is 0 Å². The van der Waals surface area contributed by atoms with Crippen LogP contribution in [0.5, 0.6) is 17.4 Å². The first-order valence-electron chi connectivity index (χ1n) is 4.19. The van der Waals surface area contributed by atoms with Gasteiger partial charge < -0.3 is 15.2 Å². The van der Waals surface area contributed by atoms with Crippen LogP contribution in [0.15, 0.2) is 28.9 Å². The van der Waals surface area contributed by atoms with Crippen molar-refractivity contribution in [3.05, 3.63) is 24.3 Å².